The molecule has 0 aliphatic carbocycles. The van der Waals surface area contributed by atoms with Crippen LogP contribution in [0.3, 0.4) is 0 Å². The number of aromatic nitrogens is 4. The molecule has 0 radical (unpaired) electrons. The first-order chi connectivity index (χ1) is 10.2. The van der Waals surface area contributed by atoms with Crippen molar-refractivity contribution in [3.63, 3.8) is 0 Å². The van der Waals surface area contributed by atoms with Crippen LogP contribution in [-0.4, -0.2) is 20.2 Å². The maximum absolute atomic E-state index is 5.94. The predicted octanol–water partition coefficient (Wildman–Crippen LogP) is 3.29. The number of anilines is 1. The Balaban J connectivity index is 2.08. The summed E-state index contributed by atoms with van der Waals surface area (Å²) >= 11 is 3.51. The van der Waals surface area contributed by atoms with Crippen LogP contribution in [0.15, 0.2) is 53.0 Å². The van der Waals surface area contributed by atoms with E-state index in [0.717, 1.165) is 15.6 Å². The summed E-state index contributed by atoms with van der Waals surface area (Å²) in [5, 5.41) is 12.1. The van der Waals surface area contributed by atoms with Gasteiger partial charge in [-0.1, -0.05) is 36.4 Å². The zero-order valence-corrected chi connectivity index (χ0v) is 13.0. The Hall–Kier alpha value is -2.21. The lowest BCUT2D eigenvalue weighted by Crippen LogP contribution is -2.10. The van der Waals surface area contributed by atoms with E-state index in [9.17, 15) is 0 Å². The molecule has 0 bridgehead atoms. The molecule has 0 aliphatic rings. The van der Waals surface area contributed by atoms with E-state index in [0.29, 0.717) is 11.5 Å². The third-order valence-electron chi connectivity index (χ3n) is 3.41. The Morgan fingerprint density at radius 2 is 1.86 bits per heavy atom. The first kappa shape index (κ1) is 13.8. The van der Waals surface area contributed by atoms with Gasteiger partial charge in [0.2, 0.25) is 0 Å². The topological polar surface area (TPSA) is 69.6 Å². The summed E-state index contributed by atoms with van der Waals surface area (Å²) in [7, 11) is 0. The number of hydrogen-bond donors (Lipinski definition) is 1. The summed E-state index contributed by atoms with van der Waals surface area (Å²) in [6.07, 6.45) is 0. The predicted molar refractivity (Wildman–Crippen MR) is 85.6 cm³/mol. The standard InChI is InChI=1S/C15H14BrN5/c1-10(11-6-3-2-4-7-11)21-15(18-19-20-21)12-8-5-9-13(17)14(12)16/h2-10H,17H2,1H3. The SMILES string of the molecule is CC(c1ccccc1)n1nnnc1-c1cccc(N)c1Br. The van der Waals surface area contributed by atoms with Gasteiger partial charge in [0.05, 0.1) is 10.5 Å². The number of tetrazole rings is 1. The average Bonchev–Trinajstić information content (AvgIpc) is 2.99. The maximum Gasteiger partial charge on any atom is 0.183 e. The van der Waals surface area contributed by atoms with Gasteiger partial charge in [0.15, 0.2) is 5.82 Å². The molecule has 3 rings (SSSR count). The van der Waals surface area contributed by atoms with Crippen molar-refractivity contribution in [2.45, 2.75) is 13.0 Å². The molecule has 21 heavy (non-hydrogen) atoms. The van der Waals surface area contributed by atoms with Crippen molar-refractivity contribution in [1.82, 2.24) is 20.2 Å². The van der Waals surface area contributed by atoms with E-state index in [-0.39, 0.29) is 6.04 Å². The molecular formula is C15H14BrN5. The van der Waals surface area contributed by atoms with Crippen molar-refractivity contribution in [3.05, 3.63) is 58.6 Å². The number of benzene rings is 2. The number of halogens is 1. The van der Waals surface area contributed by atoms with Gasteiger partial charge in [0.1, 0.15) is 0 Å². The minimum Gasteiger partial charge on any atom is -0.398 e. The molecule has 1 heterocycles. The van der Waals surface area contributed by atoms with Crippen LogP contribution in [0.1, 0.15) is 18.5 Å². The van der Waals surface area contributed by atoms with Crippen LogP contribution in [0.4, 0.5) is 5.69 Å². The molecule has 5 nitrogen and oxygen atoms in total. The molecule has 2 aromatic carbocycles. The summed E-state index contributed by atoms with van der Waals surface area (Å²) in [5.41, 5.74) is 8.62. The Kier molecular flexibility index (Phi) is 3.70. The third kappa shape index (κ3) is 2.54. The van der Waals surface area contributed by atoms with Crippen LogP contribution in [0.2, 0.25) is 0 Å². The van der Waals surface area contributed by atoms with Gasteiger partial charge >= 0.3 is 0 Å². The van der Waals surface area contributed by atoms with Crippen molar-refractivity contribution in [3.8, 4) is 11.4 Å². The molecule has 0 fully saturated rings. The molecular weight excluding hydrogens is 330 g/mol. The summed E-state index contributed by atoms with van der Waals surface area (Å²) in [5.74, 6) is 0.686. The molecule has 1 atom stereocenters. The minimum atomic E-state index is 0.0320. The van der Waals surface area contributed by atoms with Gasteiger partial charge < -0.3 is 5.73 Å². The molecule has 3 aromatic rings. The second kappa shape index (κ2) is 5.65. The van der Waals surface area contributed by atoms with Crippen molar-refractivity contribution >= 4 is 21.6 Å². The van der Waals surface area contributed by atoms with Crippen LogP contribution in [0.25, 0.3) is 11.4 Å². The normalized spacial score (nSPS) is 12.3. The zero-order chi connectivity index (χ0) is 14.8. The van der Waals surface area contributed by atoms with Gasteiger partial charge in [0.25, 0.3) is 0 Å². The second-order valence-electron chi connectivity index (χ2n) is 4.74. The quantitative estimate of drug-likeness (QED) is 0.740. The molecule has 0 amide bonds. The van der Waals surface area contributed by atoms with E-state index in [2.05, 4.69) is 50.5 Å². The van der Waals surface area contributed by atoms with Gasteiger partial charge in [-0.2, -0.15) is 0 Å². The van der Waals surface area contributed by atoms with E-state index >= 15 is 0 Å². The largest absolute Gasteiger partial charge is 0.398 e. The van der Waals surface area contributed by atoms with Gasteiger partial charge in [-0.05, 0) is 51.0 Å². The summed E-state index contributed by atoms with van der Waals surface area (Å²) in [6, 6.07) is 15.8. The van der Waals surface area contributed by atoms with Gasteiger partial charge in [-0.3, -0.25) is 0 Å². The summed E-state index contributed by atoms with van der Waals surface area (Å²) in [4.78, 5) is 0. The van der Waals surface area contributed by atoms with Gasteiger partial charge in [-0.25, -0.2) is 4.68 Å². The number of rotatable bonds is 3. The van der Waals surface area contributed by atoms with Crippen LogP contribution in [0.5, 0.6) is 0 Å². The first-order valence-electron chi connectivity index (χ1n) is 6.55. The highest BCUT2D eigenvalue weighted by atomic mass is 79.9. The van der Waals surface area contributed by atoms with Gasteiger partial charge in [0, 0.05) is 11.3 Å². The maximum atomic E-state index is 5.94. The Morgan fingerprint density at radius 3 is 2.62 bits per heavy atom. The number of nitrogens with zero attached hydrogens (tertiary/aromatic N) is 4. The second-order valence-corrected chi connectivity index (χ2v) is 5.54. The Bertz CT molecular complexity index is 754. The highest BCUT2D eigenvalue weighted by molar-refractivity contribution is 9.10. The van der Waals surface area contributed by atoms with Crippen molar-refractivity contribution in [2.24, 2.45) is 0 Å². The fourth-order valence-electron chi connectivity index (χ4n) is 2.23. The molecule has 0 spiro atoms. The fraction of sp³-hybridized carbons (Fsp3) is 0.133. The number of nitrogens with two attached hydrogens (primary N) is 1. The molecule has 0 saturated carbocycles. The zero-order valence-electron chi connectivity index (χ0n) is 11.4. The lowest BCUT2D eigenvalue weighted by molar-refractivity contribution is 0.548. The summed E-state index contributed by atoms with van der Waals surface area (Å²) < 4.78 is 2.61. The smallest absolute Gasteiger partial charge is 0.183 e. The molecule has 6 heteroatoms. The molecule has 1 aromatic heterocycles. The van der Waals surface area contributed by atoms with E-state index in [1.54, 1.807) is 4.68 Å². The van der Waals surface area contributed by atoms with Crippen LogP contribution in [-0.2, 0) is 0 Å². The van der Waals surface area contributed by atoms with Crippen LogP contribution in [0, 0.1) is 0 Å². The molecule has 1 unspecified atom stereocenters. The first-order valence-corrected chi connectivity index (χ1v) is 7.35. The molecule has 0 aliphatic heterocycles. The fourth-order valence-corrected chi connectivity index (χ4v) is 2.67. The lowest BCUT2D eigenvalue weighted by atomic mass is 10.1. The molecule has 2 N–H and O–H groups in total. The Morgan fingerprint density at radius 1 is 1.10 bits per heavy atom. The third-order valence-corrected chi connectivity index (χ3v) is 4.30. The van der Waals surface area contributed by atoms with E-state index < -0.39 is 0 Å². The van der Waals surface area contributed by atoms with Crippen LogP contribution >= 0.6 is 15.9 Å². The highest BCUT2D eigenvalue weighted by Crippen LogP contribution is 2.32. The van der Waals surface area contributed by atoms with E-state index in [1.165, 1.54) is 0 Å². The summed E-state index contributed by atoms with van der Waals surface area (Å²) in [6.45, 7) is 2.06. The van der Waals surface area contributed by atoms with Crippen LogP contribution < -0.4 is 5.73 Å². The lowest BCUT2D eigenvalue weighted by Gasteiger charge is -2.14. The van der Waals surface area contributed by atoms with Crippen molar-refractivity contribution < 1.29 is 0 Å². The Labute approximate surface area is 130 Å². The van der Waals surface area contributed by atoms with E-state index in [1.807, 2.05) is 36.4 Å². The van der Waals surface area contributed by atoms with E-state index in [4.69, 9.17) is 5.73 Å². The van der Waals surface area contributed by atoms with Crippen molar-refractivity contribution in [1.29, 1.82) is 0 Å². The monoisotopic (exact) mass is 343 g/mol. The molecule has 0 saturated heterocycles. The average molecular weight is 344 g/mol. The minimum absolute atomic E-state index is 0.0320. The van der Waals surface area contributed by atoms with Gasteiger partial charge in [-0.15, -0.1) is 5.10 Å². The molecule has 106 valence electrons. The number of nitrogen functional groups attached to an aromatic ring is 1. The number of hydrogen-bond acceptors (Lipinski definition) is 4. The highest BCUT2D eigenvalue weighted by Gasteiger charge is 2.18. The van der Waals surface area contributed by atoms with Crippen molar-refractivity contribution in [2.75, 3.05) is 5.73 Å².